The van der Waals surface area contributed by atoms with Gasteiger partial charge in [-0.25, -0.2) is 4.68 Å². The second-order valence-electron chi connectivity index (χ2n) is 7.50. The molecule has 1 aliphatic rings. The highest BCUT2D eigenvalue weighted by Gasteiger charge is 2.23. The Morgan fingerprint density at radius 1 is 0.968 bits per heavy atom. The molecule has 1 aromatic heterocycles. The average Bonchev–Trinajstić information content (AvgIpc) is 3.06. The van der Waals surface area contributed by atoms with E-state index in [0.717, 1.165) is 22.8 Å². The van der Waals surface area contributed by atoms with Gasteiger partial charge in [0.1, 0.15) is 0 Å². The maximum absolute atomic E-state index is 12.9. The number of hydrogen-bond donors (Lipinski definition) is 0. The molecule has 0 spiro atoms. The maximum Gasteiger partial charge on any atom is 0.269 e. The third-order valence-electron chi connectivity index (χ3n) is 5.55. The minimum Gasteiger partial charge on any atom is -0.368 e. The molecule has 0 N–H and O–H groups in total. The van der Waals surface area contributed by atoms with E-state index in [4.69, 9.17) is 11.6 Å². The van der Waals surface area contributed by atoms with Gasteiger partial charge in [0.25, 0.3) is 11.6 Å². The van der Waals surface area contributed by atoms with Crippen LogP contribution in [0.15, 0.2) is 48.5 Å². The first kappa shape index (κ1) is 20.9. The Morgan fingerprint density at radius 2 is 1.55 bits per heavy atom. The van der Waals surface area contributed by atoms with Crippen molar-refractivity contribution in [1.82, 2.24) is 14.7 Å². The molecule has 2 heterocycles. The van der Waals surface area contributed by atoms with Crippen molar-refractivity contribution in [2.75, 3.05) is 31.1 Å². The number of benzene rings is 2. The topological polar surface area (TPSA) is 84.5 Å². The number of amides is 1. The molecule has 9 heteroatoms. The van der Waals surface area contributed by atoms with E-state index in [2.05, 4.69) is 10.00 Å². The summed E-state index contributed by atoms with van der Waals surface area (Å²) in [6.45, 7) is 6.29. The first-order valence-corrected chi connectivity index (χ1v) is 10.3. The van der Waals surface area contributed by atoms with Crippen molar-refractivity contribution in [3.63, 3.8) is 0 Å². The monoisotopic (exact) mass is 439 g/mol. The van der Waals surface area contributed by atoms with Crippen LogP contribution in [0.25, 0.3) is 5.69 Å². The number of aromatic nitrogens is 2. The van der Waals surface area contributed by atoms with Gasteiger partial charge in [-0.2, -0.15) is 5.10 Å². The van der Waals surface area contributed by atoms with Gasteiger partial charge in [0, 0.05) is 49.6 Å². The fraction of sp³-hybridized carbons (Fsp3) is 0.273. The van der Waals surface area contributed by atoms with Gasteiger partial charge in [-0.3, -0.25) is 14.9 Å². The zero-order chi connectivity index (χ0) is 22.1. The van der Waals surface area contributed by atoms with E-state index in [0.29, 0.717) is 36.8 Å². The van der Waals surface area contributed by atoms with Crippen LogP contribution in [-0.2, 0) is 0 Å². The number of nitro groups is 1. The molecule has 1 saturated heterocycles. The standard InChI is InChI=1S/C22H22ClN5O3/c1-15-21(23)16(2)27(24-15)19-5-3-17(4-6-19)22(29)26-13-11-25(12-14-26)18-7-9-20(10-8-18)28(30)31/h3-10H,11-14H2,1-2H3. The van der Waals surface area contributed by atoms with Crippen LogP contribution in [0.1, 0.15) is 21.7 Å². The minimum atomic E-state index is -0.408. The fourth-order valence-corrected chi connectivity index (χ4v) is 3.87. The quantitative estimate of drug-likeness (QED) is 0.453. The van der Waals surface area contributed by atoms with E-state index in [9.17, 15) is 14.9 Å². The molecule has 31 heavy (non-hydrogen) atoms. The SMILES string of the molecule is Cc1nn(-c2ccc(C(=O)N3CCN(c4ccc([N+](=O)[O-])cc4)CC3)cc2)c(C)c1Cl. The number of halogens is 1. The fourth-order valence-electron chi connectivity index (χ4n) is 3.76. The molecule has 0 atom stereocenters. The average molecular weight is 440 g/mol. The summed E-state index contributed by atoms with van der Waals surface area (Å²) in [4.78, 5) is 27.3. The van der Waals surface area contributed by atoms with Crippen molar-refractivity contribution in [3.05, 3.63) is 80.6 Å². The van der Waals surface area contributed by atoms with Crippen molar-refractivity contribution in [3.8, 4) is 5.69 Å². The Kier molecular flexibility index (Phi) is 5.65. The first-order valence-electron chi connectivity index (χ1n) is 9.96. The maximum atomic E-state index is 12.9. The summed E-state index contributed by atoms with van der Waals surface area (Å²) in [7, 11) is 0. The number of nitro benzene ring substituents is 1. The Bertz CT molecular complexity index is 1120. The second-order valence-corrected chi connectivity index (χ2v) is 7.87. The van der Waals surface area contributed by atoms with E-state index in [1.807, 2.05) is 43.0 Å². The van der Waals surface area contributed by atoms with Gasteiger partial charge in [-0.05, 0) is 50.2 Å². The Morgan fingerprint density at radius 3 is 2.06 bits per heavy atom. The summed E-state index contributed by atoms with van der Waals surface area (Å²) >= 11 is 6.23. The second kappa shape index (κ2) is 8.39. The summed E-state index contributed by atoms with van der Waals surface area (Å²) in [6, 6.07) is 13.9. The minimum absolute atomic E-state index is 0.0127. The number of piperazine rings is 1. The van der Waals surface area contributed by atoms with E-state index >= 15 is 0 Å². The number of nitrogens with zero attached hydrogens (tertiary/aromatic N) is 5. The lowest BCUT2D eigenvalue weighted by Gasteiger charge is -2.36. The molecule has 1 amide bonds. The molecule has 160 valence electrons. The largest absolute Gasteiger partial charge is 0.368 e. The number of non-ortho nitro benzene ring substituents is 1. The zero-order valence-electron chi connectivity index (χ0n) is 17.3. The molecule has 2 aromatic carbocycles. The van der Waals surface area contributed by atoms with Gasteiger partial charge in [-0.1, -0.05) is 11.6 Å². The molecular weight excluding hydrogens is 418 g/mol. The molecular formula is C22H22ClN5O3. The van der Waals surface area contributed by atoms with Crippen LogP contribution in [-0.4, -0.2) is 51.7 Å². The lowest BCUT2D eigenvalue weighted by atomic mass is 10.1. The number of hydrogen-bond acceptors (Lipinski definition) is 5. The molecule has 0 aliphatic carbocycles. The summed E-state index contributed by atoms with van der Waals surface area (Å²) in [5.74, 6) is -0.0127. The van der Waals surface area contributed by atoms with Crippen molar-refractivity contribution < 1.29 is 9.72 Å². The highest BCUT2D eigenvalue weighted by atomic mass is 35.5. The lowest BCUT2D eigenvalue weighted by molar-refractivity contribution is -0.384. The van der Waals surface area contributed by atoms with Gasteiger partial charge >= 0.3 is 0 Å². The molecule has 0 radical (unpaired) electrons. The predicted molar refractivity (Wildman–Crippen MR) is 119 cm³/mol. The van der Waals surface area contributed by atoms with Crippen molar-refractivity contribution in [1.29, 1.82) is 0 Å². The molecule has 4 rings (SSSR count). The normalized spacial score (nSPS) is 14.0. The molecule has 1 aliphatic heterocycles. The van der Waals surface area contributed by atoms with Gasteiger partial charge < -0.3 is 9.80 Å². The number of carbonyl (C=O) groups is 1. The van der Waals surface area contributed by atoms with Crippen LogP contribution in [0.5, 0.6) is 0 Å². The Labute approximate surface area is 184 Å². The van der Waals surface area contributed by atoms with Gasteiger partial charge in [-0.15, -0.1) is 0 Å². The van der Waals surface area contributed by atoms with Crippen molar-refractivity contribution in [2.24, 2.45) is 0 Å². The molecule has 0 unspecified atom stereocenters. The number of rotatable bonds is 4. The number of aryl methyl sites for hydroxylation is 1. The lowest BCUT2D eigenvalue weighted by Crippen LogP contribution is -2.48. The molecule has 8 nitrogen and oxygen atoms in total. The van der Waals surface area contributed by atoms with E-state index < -0.39 is 4.92 Å². The van der Waals surface area contributed by atoms with Crippen LogP contribution < -0.4 is 4.90 Å². The number of anilines is 1. The van der Waals surface area contributed by atoms with Gasteiger partial charge in [0.15, 0.2) is 0 Å². The summed E-state index contributed by atoms with van der Waals surface area (Å²) < 4.78 is 1.77. The molecule has 3 aromatic rings. The van der Waals surface area contributed by atoms with Gasteiger partial charge in [0.2, 0.25) is 0 Å². The van der Waals surface area contributed by atoms with Crippen LogP contribution in [0, 0.1) is 24.0 Å². The zero-order valence-corrected chi connectivity index (χ0v) is 18.0. The first-order chi connectivity index (χ1) is 14.8. The van der Waals surface area contributed by atoms with Crippen molar-refractivity contribution >= 4 is 28.9 Å². The van der Waals surface area contributed by atoms with Crippen LogP contribution >= 0.6 is 11.6 Å². The third-order valence-corrected chi connectivity index (χ3v) is 6.10. The third kappa shape index (κ3) is 4.11. The molecule has 1 fully saturated rings. The summed E-state index contributed by atoms with van der Waals surface area (Å²) in [5, 5.41) is 15.9. The Hall–Kier alpha value is -3.39. The highest BCUT2D eigenvalue weighted by Crippen LogP contribution is 2.24. The van der Waals surface area contributed by atoms with Crippen LogP contribution in [0.2, 0.25) is 5.02 Å². The smallest absolute Gasteiger partial charge is 0.269 e. The van der Waals surface area contributed by atoms with E-state index in [1.165, 1.54) is 12.1 Å². The predicted octanol–water partition coefficient (Wildman–Crippen LogP) is 4.01. The number of carbonyl (C=O) groups excluding carboxylic acids is 1. The highest BCUT2D eigenvalue weighted by molar-refractivity contribution is 6.31. The van der Waals surface area contributed by atoms with E-state index in [1.54, 1.807) is 16.8 Å². The van der Waals surface area contributed by atoms with Gasteiger partial charge in [0.05, 0.1) is 27.0 Å². The summed E-state index contributed by atoms with van der Waals surface area (Å²) in [6.07, 6.45) is 0. The van der Waals surface area contributed by atoms with E-state index in [-0.39, 0.29) is 11.6 Å². The van der Waals surface area contributed by atoms with Crippen molar-refractivity contribution in [2.45, 2.75) is 13.8 Å². The van der Waals surface area contributed by atoms with Crippen LogP contribution in [0.3, 0.4) is 0 Å². The molecule has 0 bridgehead atoms. The summed E-state index contributed by atoms with van der Waals surface area (Å²) in [5.41, 5.74) is 4.10. The van der Waals surface area contributed by atoms with Crippen LogP contribution in [0.4, 0.5) is 11.4 Å². The Balaban J connectivity index is 1.40. The molecule has 0 saturated carbocycles.